The first kappa shape index (κ1) is 21.4. The van der Waals surface area contributed by atoms with Gasteiger partial charge in [-0.1, -0.05) is 0 Å². The first-order valence-electron chi connectivity index (χ1n) is 8.25. The maximum atomic E-state index is 12.6. The summed E-state index contributed by atoms with van der Waals surface area (Å²) in [5.74, 6) is -1.09. The van der Waals surface area contributed by atoms with E-state index in [2.05, 4.69) is 10.2 Å². The molecule has 0 radical (unpaired) electrons. The standard InChI is InChI=1S/C17H21N5O5S/c1-17(2,3)27-14(23)9-20(4)15(24)11-6-7-13(12(8-11)22(25)26)28-16-19-18-10-21(16)5/h6-8,10H,9H2,1-5H3. The van der Waals surface area contributed by atoms with E-state index in [1.807, 2.05) is 0 Å². The second-order valence-corrected chi connectivity index (χ2v) is 8.02. The van der Waals surface area contributed by atoms with Crippen molar-refractivity contribution in [2.24, 2.45) is 7.05 Å². The maximum absolute atomic E-state index is 12.6. The van der Waals surface area contributed by atoms with Crippen LogP contribution in [0.2, 0.25) is 0 Å². The highest BCUT2D eigenvalue weighted by Crippen LogP contribution is 2.34. The van der Waals surface area contributed by atoms with Crippen LogP contribution in [0.15, 0.2) is 34.6 Å². The van der Waals surface area contributed by atoms with Crippen LogP contribution in [0.3, 0.4) is 0 Å². The van der Waals surface area contributed by atoms with Crippen molar-refractivity contribution < 1.29 is 19.2 Å². The van der Waals surface area contributed by atoms with Gasteiger partial charge in [0.1, 0.15) is 18.5 Å². The summed E-state index contributed by atoms with van der Waals surface area (Å²) in [5.41, 5.74) is -0.803. The van der Waals surface area contributed by atoms with Crippen molar-refractivity contribution >= 4 is 29.3 Å². The summed E-state index contributed by atoms with van der Waals surface area (Å²) in [4.78, 5) is 36.8. The van der Waals surface area contributed by atoms with Gasteiger partial charge in [-0.15, -0.1) is 10.2 Å². The van der Waals surface area contributed by atoms with Crippen LogP contribution in [0.25, 0.3) is 0 Å². The summed E-state index contributed by atoms with van der Waals surface area (Å²) in [7, 11) is 3.15. The Balaban J connectivity index is 2.20. The lowest BCUT2D eigenvalue weighted by atomic mass is 10.1. The third kappa shape index (κ3) is 5.52. The van der Waals surface area contributed by atoms with E-state index in [1.54, 1.807) is 32.4 Å². The summed E-state index contributed by atoms with van der Waals surface area (Å²) in [6.45, 7) is 4.91. The number of esters is 1. The highest BCUT2D eigenvalue weighted by atomic mass is 32.2. The molecule has 0 aliphatic rings. The van der Waals surface area contributed by atoms with E-state index in [0.717, 1.165) is 16.7 Å². The summed E-state index contributed by atoms with van der Waals surface area (Å²) in [6, 6.07) is 4.14. The predicted octanol–water partition coefficient (Wildman–Crippen LogP) is 2.29. The van der Waals surface area contributed by atoms with Crippen molar-refractivity contribution in [1.29, 1.82) is 0 Å². The first-order valence-corrected chi connectivity index (χ1v) is 9.07. The number of aromatic nitrogens is 3. The van der Waals surface area contributed by atoms with Crippen LogP contribution in [-0.2, 0) is 16.6 Å². The minimum Gasteiger partial charge on any atom is -0.459 e. The van der Waals surface area contributed by atoms with Crippen molar-refractivity contribution in [3.8, 4) is 0 Å². The van der Waals surface area contributed by atoms with E-state index in [4.69, 9.17) is 4.74 Å². The monoisotopic (exact) mass is 407 g/mol. The van der Waals surface area contributed by atoms with E-state index < -0.39 is 22.4 Å². The zero-order valence-electron chi connectivity index (χ0n) is 16.2. The molecule has 0 N–H and O–H groups in total. The molecular weight excluding hydrogens is 386 g/mol. The Morgan fingerprint density at radius 3 is 2.57 bits per heavy atom. The molecule has 11 heteroatoms. The lowest BCUT2D eigenvalue weighted by Crippen LogP contribution is -2.36. The molecule has 10 nitrogen and oxygen atoms in total. The number of aryl methyl sites for hydroxylation is 1. The molecule has 0 saturated carbocycles. The summed E-state index contributed by atoms with van der Waals surface area (Å²) in [5, 5.41) is 19.6. The van der Waals surface area contributed by atoms with Crippen LogP contribution in [0.1, 0.15) is 31.1 Å². The molecule has 0 aliphatic carbocycles. The number of likely N-dealkylation sites (N-methyl/N-ethyl adjacent to an activating group) is 1. The number of hydrogen-bond acceptors (Lipinski definition) is 8. The number of amides is 1. The molecule has 0 spiro atoms. The average molecular weight is 407 g/mol. The van der Waals surface area contributed by atoms with Gasteiger partial charge in [0.15, 0.2) is 5.16 Å². The molecular formula is C17H21N5O5S. The van der Waals surface area contributed by atoms with Gasteiger partial charge in [-0.05, 0) is 44.7 Å². The van der Waals surface area contributed by atoms with Crippen molar-refractivity contribution in [2.45, 2.75) is 36.4 Å². The van der Waals surface area contributed by atoms with Crippen LogP contribution in [0.4, 0.5) is 5.69 Å². The fraction of sp³-hybridized carbons (Fsp3) is 0.412. The van der Waals surface area contributed by atoms with Crippen molar-refractivity contribution in [3.05, 3.63) is 40.2 Å². The largest absolute Gasteiger partial charge is 0.459 e. The lowest BCUT2D eigenvalue weighted by Gasteiger charge is -2.22. The summed E-state index contributed by atoms with van der Waals surface area (Å²) < 4.78 is 6.81. The highest BCUT2D eigenvalue weighted by Gasteiger charge is 2.24. The second kappa shape index (κ2) is 8.38. The molecule has 1 amide bonds. The number of benzene rings is 1. The van der Waals surface area contributed by atoms with Crippen molar-refractivity contribution in [1.82, 2.24) is 19.7 Å². The quantitative estimate of drug-likeness (QED) is 0.406. The number of carbonyl (C=O) groups excluding carboxylic acids is 2. The van der Waals surface area contributed by atoms with Gasteiger partial charge in [0, 0.05) is 25.7 Å². The molecule has 0 saturated heterocycles. The minimum absolute atomic E-state index is 0.0973. The van der Waals surface area contributed by atoms with Gasteiger partial charge in [-0.3, -0.25) is 19.7 Å². The van der Waals surface area contributed by atoms with E-state index in [-0.39, 0.29) is 17.8 Å². The SMILES string of the molecule is CN(CC(=O)OC(C)(C)C)C(=O)c1ccc(Sc2nncn2C)c([N+](=O)[O-])c1. The van der Waals surface area contributed by atoms with Gasteiger partial charge in [0.25, 0.3) is 11.6 Å². The predicted molar refractivity (Wildman–Crippen MR) is 101 cm³/mol. The Morgan fingerprint density at radius 1 is 1.36 bits per heavy atom. The van der Waals surface area contributed by atoms with Gasteiger partial charge >= 0.3 is 5.97 Å². The molecule has 0 bridgehead atoms. The van der Waals surface area contributed by atoms with E-state index >= 15 is 0 Å². The fourth-order valence-electron chi connectivity index (χ4n) is 2.20. The molecule has 0 atom stereocenters. The maximum Gasteiger partial charge on any atom is 0.326 e. The molecule has 1 heterocycles. The van der Waals surface area contributed by atoms with E-state index in [9.17, 15) is 19.7 Å². The van der Waals surface area contributed by atoms with Gasteiger partial charge in [-0.2, -0.15) is 0 Å². The lowest BCUT2D eigenvalue weighted by molar-refractivity contribution is -0.387. The number of hydrogen-bond donors (Lipinski definition) is 0. The van der Waals surface area contributed by atoms with Crippen molar-refractivity contribution in [2.75, 3.05) is 13.6 Å². The molecule has 150 valence electrons. The van der Waals surface area contributed by atoms with E-state index in [0.29, 0.717) is 10.1 Å². The van der Waals surface area contributed by atoms with Gasteiger partial charge < -0.3 is 14.2 Å². The normalized spacial score (nSPS) is 11.2. The van der Waals surface area contributed by atoms with Crippen molar-refractivity contribution in [3.63, 3.8) is 0 Å². The van der Waals surface area contributed by atoms with Gasteiger partial charge in [-0.25, -0.2) is 0 Å². The van der Waals surface area contributed by atoms with Crippen LogP contribution in [0.5, 0.6) is 0 Å². The zero-order valence-corrected chi connectivity index (χ0v) is 17.0. The third-order valence-corrected chi connectivity index (χ3v) is 4.52. The number of nitro groups is 1. The highest BCUT2D eigenvalue weighted by molar-refractivity contribution is 7.99. The Morgan fingerprint density at radius 2 is 2.04 bits per heavy atom. The summed E-state index contributed by atoms with van der Waals surface area (Å²) >= 11 is 1.07. The minimum atomic E-state index is -0.668. The van der Waals surface area contributed by atoms with Crippen LogP contribution < -0.4 is 0 Å². The van der Waals surface area contributed by atoms with Gasteiger partial charge in [0.05, 0.1) is 9.82 Å². The fourth-order valence-corrected chi connectivity index (χ4v) is 3.05. The first-order chi connectivity index (χ1) is 13.0. The zero-order chi connectivity index (χ0) is 21.1. The van der Waals surface area contributed by atoms with Gasteiger partial charge in [0.2, 0.25) is 0 Å². The Labute approximate surface area is 166 Å². The molecule has 0 fully saturated rings. The Bertz CT molecular complexity index is 906. The number of ether oxygens (including phenoxy) is 1. The topological polar surface area (TPSA) is 120 Å². The molecule has 2 rings (SSSR count). The molecule has 1 aromatic heterocycles. The Kier molecular flexibility index (Phi) is 6.39. The molecule has 2 aromatic rings. The molecule has 0 aliphatic heterocycles. The number of nitrogens with zero attached hydrogens (tertiary/aromatic N) is 5. The molecule has 0 unspecified atom stereocenters. The average Bonchev–Trinajstić information content (AvgIpc) is 2.97. The molecule has 28 heavy (non-hydrogen) atoms. The van der Waals surface area contributed by atoms with Crippen LogP contribution in [-0.4, -0.2) is 55.7 Å². The smallest absolute Gasteiger partial charge is 0.326 e. The molecule has 1 aromatic carbocycles. The number of nitro benzene ring substituents is 1. The second-order valence-electron chi connectivity index (χ2n) is 7.01. The van der Waals surface area contributed by atoms with Crippen LogP contribution in [0, 0.1) is 10.1 Å². The van der Waals surface area contributed by atoms with Crippen LogP contribution >= 0.6 is 11.8 Å². The third-order valence-electron chi connectivity index (χ3n) is 3.41. The summed E-state index contributed by atoms with van der Waals surface area (Å²) in [6.07, 6.45) is 1.48. The number of carbonyl (C=O) groups is 2. The number of rotatable bonds is 6. The van der Waals surface area contributed by atoms with E-state index in [1.165, 1.54) is 31.6 Å². The Hall–Kier alpha value is -2.95.